The average Bonchev–Trinajstić information content (AvgIpc) is 2.93. The minimum absolute atomic E-state index is 0.0127. The highest BCUT2D eigenvalue weighted by Crippen LogP contribution is 2.25. The highest BCUT2D eigenvalue weighted by Gasteiger charge is 2.33. The molecule has 0 aliphatic carbocycles. The summed E-state index contributed by atoms with van der Waals surface area (Å²) < 4.78 is 42.2. The van der Waals surface area contributed by atoms with E-state index in [0.29, 0.717) is 24.1 Å². The molecular weight excluding hydrogens is 517 g/mol. The zero-order valence-electron chi connectivity index (χ0n) is 22.8. The van der Waals surface area contributed by atoms with Crippen molar-refractivity contribution in [2.24, 2.45) is 0 Å². The van der Waals surface area contributed by atoms with Crippen molar-refractivity contribution in [3.8, 4) is 0 Å². The SMILES string of the molecule is CCC(C)NC(=O)C(CC)N(Cc1ccc(F)cc1)C(=O)CN(c1ccccc1)S(=O)(=O)c1ccc(C)cc1. The second-order valence-electron chi connectivity index (χ2n) is 9.55. The van der Waals surface area contributed by atoms with Crippen LogP contribution in [0.25, 0.3) is 0 Å². The van der Waals surface area contributed by atoms with Crippen molar-refractivity contribution in [3.05, 3.63) is 95.8 Å². The Morgan fingerprint density at radius 3 is 2.08 bits per heavy atom. The number of carbonyl (C=O) groups excluding carboxylic acids is 2. The molecule has 7 nitrogen and oxygen atoms in total. The molecule has 1 N–H and O–H groups in total. The molecule has 0 heterocycles. The predicted molar refractivity (Wildman–Crippen MR) is 151 cm³/mol. The molecule has 0 saturated heterocycles. The molecule has 208 valence electrons. The number of anilines is 1. The van der Waals surface area contributed by atoms with E-state index in [-0.39, 0.29) is 23.4 Å². The normalized spacial score (nSPS) is 12.8. The van der Waals surface area contributed by atoms with Crippen LogP contribution in [0, 0.1) is 12.7 Å². The molecule has 0 bridgehead atoms. The smallest absolute Gasteiger partial charge is 0.264 e. The maximum atomic E-state index is 14.0. The third kappa shape index (κ3) is 7.66. The van der Waals surface area contributed by atoms with Gasteiger partial charge in [0, 0.05) is 12.6 Å². The van der Waals surface area contributed by atoms with Crippen LogP contribution in [0.4, 0.5) is 10.1 Å². The van der Waals surface area contributed by atoms with Crippen LogP contribution in [0.15, 0.2) is 83.8 Å². The molecule has 0 aliphatic heterocycles. The van der Waals surface area contributed by atoms with Gasteiger partial charge in [-0.1, -0.05) is 61.9 Å². The number of halogens is 1. The second kappa shape index (κ2) is 13.4. The minimum atomic E-state index is -4.12. The summed E-state index contributed by atoms with van der Waals surface area (Å²) in [5, 5.41) is 2.93. The van der Waals surface area contributed by atoms with Gasteiger partial charge in [-0.25, -0.2) is 12.8 Å². The zero-order valence-corrected chi connectivity index (χ0v) is 23.6. The Labute approximate surface area is 230 Å². The van der Waals surface area contributed by atoms with Crippen molar-refractivity contribution in [2.45, 2.75) is 64.1 Å². The largest absolute Gasteiger partial charge is 0.352 e. The fourth-order valence-electron chi connectivity index (χ4n) is 4.11. The molecule has 2 atom stereocenters. The molecule has 3 aromatic carbocycles. The summed E-state index contributed by atoms with van der Waals surface area (Å²) >= 11 is 0. The van der Waals surface area contributed by atoms with E-state index in [1.807, 2.05) is 20.8 Å². The van der Waals surface area contributed by atoms with Crippen molar-refractivity contribution in [3.63, 3.8) is 0 Å². The maximum Gasteiger partial charge on any atom is 0.264 e. The average molecular weight is 554 g/mol. The van der Waals surface area contributed by atoms with Crippen LogP contribution in [0.2, 0.25) is 0 Å². The van der Waals surface area contributed by atoms with Crippen molar-refractivity contribution < 1.29 is 22.4 Å². The third-order valence-electron chi connectivity index (χ3n) is 6.59. The Morgan fingerprint density at radius 2 is 1.51 bits per heavy atom. The van der Waals surface area contributed by atoms with Gasteiger partial charge in [-0.15, -0.1) is 0 Å². The number of aryl methyl sites for hydroxylation is 1. The van der Waals surface area contributed by atoms with Gasteiger partial charge in [-0.3, -0.25) is 13.9 Å². The number of amides is 2. The van der Waals surface area contributed by atoms with Crippen LogP contribution in [-0.4, -0.2) is 43.8 Å². The van der Waals surface area contributed by atoms with E-state index < -0.39 is 34.3 Å². The molecule has 0 spiro atoms. The van der Waals surface area contributed by atoms with E-state index >= 15 is 0 Å². The summed E-state index contributed by atoms with van der Waals surface area (Å²) in [5.74, 6) is -1.29. The monoisotopic (exact) mass is 553 g/mol. The molecule has 0 aliphatic rings. The number of para-hydroxylation sites is 1. The molecule has 0 radical (unpaired) electrons. The van der Waals surface area contributed by atoms with Crippen LogP contribution in [0.1, 0.15) is 44.7 Å². The molecule has 2 unspecified atom stereocenters. The van der Waals surface area contributed by atoms with Crippen molar-refractivity contribution in [1.82, 2.24) is 10.2 Å². The summed E-state index contributed by atoms with van der Waals surface area (Å²) in [4.78, 5) is 28.6. The number of benzene rings is 3. The van der Waals surface area contributed by atoms with Crippen LogP contribution in [0.5, 0.6) is 0 Å². The van der Waals surface area contributed by atoms with Crippen LogP contribution >= 0.6 is 0 Å². The molecule has 0 fully saturated rings. The molecule has 39 heavy (non-hydrogen) atoms. The Bertz CT molecular complexity index is 1350. The molecule has 9 heteroatoms. The van der Waals surface area contributed by atoms with E-state index in [1.54, 1.807) is 61.5 Å². The van der Waals surface area contributed by atoms with E-state index in [2.05, 4.69) is 5.32 Å². The highest BCUT2D eigenvalue weighted by molar-refractivity contribution is 7.92. The quantitative estimate of drug-likeness (QED) is 0.340. The third-order valence-corrected chi connectivity index (χ3v) is 8.37. The van der Waals surface area contributed by atoms with Crippen LogP contribution in [-0.2, 0) is 26.2 Å². The number of hydrogen-bond donors (Lipinski definition) is 1. The first-order valence-corrected chi connectivity index (χ1v) is 14.5. The minimum Gasteiger partial charge on any atom is -0.352 e. The van der Waals surface area contributed by atoms with Crippen LogP contribution < -0.4 is 9.62 Å². The molecular formula is C30H36FN3O4S. The van der Waals surface area contributed by atoms with Gasteiger partial charge in [0.25, 0.3) is 10.0 Å². The van der Waals surface area contributed by atoms with Gasteiger partial charge in [0.05, 0.1) is 10.6 Å². The van der Waals surface area contributed by atoms with Crippen molar-refractivity contribution in [2.75, 3.05) is 10.8 Å². The van der Waals surface area contributed by atoms with Crippen LogP contribution in [0.3, 0.4) is 0 Å². The summed E-state index contributed by atoms with van der Waals surface area (Å²) in [7, 11) is -4.12. The first kappa shape index (κ1) is 29.8. The van der Waals surface area contributed by atoms with Gasteiger partial charge in [0.2, 0.25) is 11.8 Å². The van der Waals surface area contributed by atoms with Crippen molar-refractivity contribution in [1.29, 1.82) is 0 Å². The first-order chi connectivity index (χ1) is 18.6. The maximum absolute atomic E-state index is 14.0. The lowest BCUT2D eigenvalue weighted by Gasteiger charge is -2.33. The molecule has 0 saturated carbocycles. The number of nitrogens with zero attached hydrogens (tertiary/aromatic N) is 2. The summed E-state index contributed by atoms with van der Waals surface area (Å²) in [6, 6.07) is 19.5. The Kier molecular flexibility index (Phi) is 10.2. The number of hydrogen-bond acceptors (Lipinski definition) is 4. The molecule has 2 amide bonds. The fourth-order valence-corrected chi connectivity index (χ4v) is 5.52. The van der Waals surface area contributed by atoms with Gasteiger partial charge in [0.15, 0.2) is 0 Å². The van der Waals surface area contributed by atoms with Gasteiger partial charge < -0.3 is 10.2 Å². The summed E-state index contributed by atoms with van der Waals surface area (Å²) in [6.07, 6.45) is 1.02. The fraction of sp³-hybridized carbons (Fsp3) is 0.333. The number of sulfonamides is 1. The van der Waals surface area contributed by atoms with Gasteiger partial charge in [-0.2, -0.15) is 0 Å². The molecule has 0 aromatic heterocycles. The first-order valence-electron chi connectivity index (χ1n) is 13.1. The van der Waals surface area contributed by atoms with E-state index in [4.69, 9.17) is 0 Å². The highest BCUT2D eigenvalue weighted by atomic mass is 32.2. The molecule has 3 aromatic rings. The standard InChI is InChI=1S/C30H36FN3O4S/c1-5-23(4)32-30(36)28(6-2)33(20-24-14-16-25(31)17-15-24)29(35)21-34(26-10-8-7-9-11-26)39(37,38)27-18-12-22(3)13-19-27/h7-19,23,28H,5-6,20-21H2,1-4H3,(H,32,36). The Balaban J connectivity index is 2.02. The lowest BCUT2D eigenvalue weighted by molar-refractivity contribution is -0.140. The topological polar surface area (TPSA) is 86.8 Å². The van der Waals surface area contributed by atoms with E-state index in [1.165, 1.54) is 29.2 Å². The number of carbonyl (C=O) groups is 2. The van der Waals surface area contributed by atoms with E-state index in [9.17, 15) is 22.4 Å². The second-order valence-corrected chi connectivity index (χ2v) is 11.4. The Hall–Kier alpha value is -3.72. The predicted octanol–water partition coefficient (Wildman–Crippen LogP) is 5.05. The lowest BCUT2D eigenvalue weighted by atomic mass is 10.1. The van der Waals surface area contributed by atoms with Crippen molar-refractivity contribution >= 4 is 27.5 Å². The van der Waals surface area contributed by atoms with E-state index in [0.717, 1.165) is 9.87 Å². The molecule has 3 rings (SSSR count). The lowest BCUT2D eigenvalue weighted by Crippen LogP contribution is -2.53. The summed E-state index contributed by atoms with van der Waals surface area (Å²) in [5.41, 5.74) is 1.84. The summed E-state index contributed by atoms with van der Waals surface area (Å²) in [6.45, 7) is 6.97. The number of nitrogens with one attached hydrogen (secondary N) is 1. The number of rotatable bonds is 12. The van der Waals surface area contributed by atoms with Gasteiger partial charge in [0.1, 0.15) is 18.4 Å². The van der Waals surface area contributed by atoms with Gasteiger partial charge in [-0.05, 0) is 68.7 Å². The van der Waals surface area contributed by atoms with Gasteiger partial charge >= 0.3 is 0 Å². The zero-order chi connectivity index (χ0) is 28.6. The Morgan fingerprint density at radius 1 is 0.897 bits per heavy atom.